The monoisotopic (exact) mass is 190 g/mol. The largest absolute Gasteiger partial charge is 0.254 e. The van der Waals surface area contributed by atoms with Crippen LogP contribution in [0.5, 0.6) is 0 Å². The fourth-order valence-corrected chi connectivity index (χ4v) is 2.15. The predicted octanol–water partition coefficient (Wildman–Crippen LogP) is 1.73. The topological polar surface area (TPSA) is 24.1 Å². The van der Waals surface area contributed by atoms with Crippen LogP contribution >= 0.6 is 0 Å². The molecule has 1 aromatic rings. The minimum absolute atomic E-state index is 0.560. The first kappa shape index (κ1) is 9.69. The zero-order valence-electron chi connectivity index (χ0n) is 8.83. The molecule has 0 amide bonds. The first-order chi connectivity index (χ1) is 6.77. The molecule has 1 aliphatic heterocycles. The Labute approximate surface area is 85.7 Å². The molecule has 2 unspecified atom stereocenters. The fraction of sp³-hybridized carbons (Fsp3) is 0.500. The summed E-state index contributed by atoms with van der Waals surface area (Å²) >= 11 is 0. The lowest BCUT2D eigenvalue weighted by molar-refractivity contribution is 0.442. The quantitative estimate of drug-likeness (QED) is 0.742. The number of benzene rings is 1. The molecule has 14 heavy (non-hydrogen) atoms. The van der Waals surface area contributed by atoms with E-state index in [4.69, 9.17) is 0 Å². The molecule has 2 rings (SSSR count). The summed E-state index contributed by atoms with van der Waals surface area (Å²) in [6.07, 6.45) is 1.16. The van der Waals surface area contributed by atoms with Gasteiger partial charge in [-0.2, -0.15) is 0 Å². The zero-order chi connectivity index (χ0) is 9.97. The minimum atomic E-state index is 0.560. The number of rotatable bonds is 2. The van der Waals surface area contributed by atoms with Gasteiger partial charge in [-0.1, -0.05) is 30.3 Å². The van der Waals surface area contributed by atoms with Crippen molar-refractivity contribution in [1.29, 1.82) is 0 Å². The molecule has 2 N–H and O–H groups in total. The van der Waals surface area contributed by atoms with Crippen molar-refractivity contribution in [3.8, 4) is 0 Å². The van der Waals surface area contributed by atoms with Gasteiger partial charge < -0.3 is 0 Å². The molecule has 2 nitrogen and oxygen atoms in total. The van der Waals surface area contributed by atoms with E-state index in [0.29, 0.717) is 18.0 Å². The lowest BCUT2D eigenvalue weighted by Crippen LogP contribution is -2.30. The number of nitrogens with one attached hydrogen (secondary N) is 2. The van der Waals surface area contributed by atoms with Crippen LogP contribution in [0, 0.1) is 5.92 Å². The van der Waals surface area contributed by atoms with Crippen LogP contribution in [0.1, 0.15) is 19.4 Å². The molecule has 0 aliphatic carbocycles. The van der Waals surface area contributed by atoms with Crippen molar-refractivity contribution in [3.05, 3.63) is 35.9 Å². The van der Waals surface area contributed by atoms with E-state index in [1.165, 1.54) is 5.56 Å². The Morgan fingerprint density at radius 3 is 2.14 bits per heavy atom. The molecule has 2 atom stereocenters. The van der Waals surface area contributed by atoms with E-state index in [1.807, 2.05) is 0 Å². The Bertz CT molecular complexity index is 274. The molecular weight excluding hydrogens is 172 g/mol. The van der Waals surface area contributed by atoms with Gasteiger partial charge in [-0.25, -0.2) is 0 Å². The highest BCUT2D eigenvalue weighted by Crippen LogP contribution is 2.19. The number of hydrazine groups is 1. The second-order valence-corrected chi connectivity index (χ2v) is 4.22. The molecule has 1 aromatic carbocycles. The lowest BCUT2D eigenvalue weighted by Gasteiger charge is -2.17. The summed E-state index contributed by atoms with van der Waals surface area (Å²) in [5.74, 6) is 0.692. The van der Waals surface area contributed by atoms with Crippen LogP contribution in [0.25, 0.3) is 0 Å². The van der Waals surface area contributed by atoms with Crippen molar-refractivity contribution in [1.82, 2.24) is 10.9 Å². The smallest absolute Gasteiger partial charge is 0.0231 e. The van der Waals surface area contributed by atoms with Gasteiger partial charge in [0, 0.05) is 12.1 Å². The van der Waals surface area contributed by atoms with Gasteiger partial charge in [0.15, 0.2) is 0 Å². The van der Waals surface area contributed by atoms with Gasteiger partial charge in [0.25, 0.3) is 0 Å². The normalized spacial score (nSPS) is 32.0. The zero-order valence-corrected chi connectivity index (χ0v) is 8.83. The summed E-state index contributed by atoms with van der Waals surface area (Å²) in [7, 11) is 0. The van der Waals surface area contributed by atoms with E-state index in [-0.39, 0.29) is 0 Å². The molecule has 0 aromatic heterocycles. The van der Waals surface area contributed by atoms with Crippen molar-refractivity contribution in [2.24, 2.45) is 5.92 Å². The van der Waals surface area contributed by atoms with Crippen molar-refractivity contribution in [2.75, 3.05) is 0 Å². The molecule has 0 spiro atoms. The van der Waals surface area contributed by atoms with Crippen LogP contribution in [0.15, 0.2) is 30.3 Å². The van der Waals surface area contributed by atoms with Gasteiger partial charge in [-0.05, 0) is 31.7 Å². The van der Waals surface area contributed by atoms with E-state index in [0.717, 1.165) is 6.42 Å². The first-order valence-corrected chi connectivity index (χ1v) is 5.32. The Morgan fingerprint density at radius 1 is 1.00 bits per heavy atom. The van der Waals surface area contributed by atoms with Crippen LogP contribution in [0.2, 0.25) is 0 Å². The third-order valence-electron chi connectivity index (χ3n) is 3.14. The van der Waals surface area contributed by atoms with Gasteiger partial charge in [0.1, 0.15) is 0 Å². The van der Waals surface area contributed by atoms with Crippen molar-refractivity contribution >= 4 is 0 Å². The highest BCUT2D eigenvalue weighted by Gasteiger charge is 2.29. The van der Waals surface area contributed by atoms with Crippen LogP contribution in [0.3, 0.4) is 0 Å². The maximum atomic E-state index is 3.29. The number of hydrogen-bond acceptors (Lipinski definition) is 2. The van der Waals surface area contributed by atoms with E-state index in [2.05, 4.69) is 55.0 Å². The summed E-state index contributed by atoms with van der Waals surface area (Å²) in [6.45, 7) is 4.48. The number of hydrogen-bond donors (Lipinski definition) is 2. The van der Waals surface area contributed by atoms with Crippen molar-refractivity contribution in [2.45, 2.75) is 32.4 Å². The molecule has 0 saturated carbocycles. The molecule has 0 radical (unpaired) electrons. The molecule has 2 heteroatoms. The average Bonchev–Trinajstić information content (AvgIpc) is 2.51. The summed E-state index contributed by atoms with van der Waals surface area (Å²) < 4.78 is 0. The second-order valence-electron chi connectivity index (χ2n) is 4.22. The van der Waals surface area contributed by atoms with Crippen molar-refractivity contribution < 1.29 is 0 Å². The first-order valence-electron chi connectivity index (χ1n) is 5.32. The molecular formula is C12H18N2. The van der Waals surface area contributed by atoms with E-state index in [1.54, 1.807) is 0 Å². The predicted molar refractivity (Wildman–Crippen MR) is 58.8 cm³/mol. The molecule has 0 bridgehead atoms. The minimum Gasteiger partial charge on any atom is -0.254 e. The van der Waals surface area contributed by atoms with Crippen molar-refractivity contribution in [3.63, 3.8) is 0 Å². The van der Waals surface area contributed by atoms with E-state index in [9.17, 15) is 0 Å². The maximum absolute atomic E-state index is 3.29. The lowest BCUT2D eigenvalue weighted by atomic mass is 9.90. The van der Waals surface area contributed by atoms with E-state index >= 15 is 0 Å². The Morgan fingerprint density at radius 2 is 1.57 bits per heavy atom. The fourth-order valence-electron chi connectivity index (χ4n) is 2.15. The van der Waals surface area contributed by atoms with Gasteiger partial charge >= 0.3 is 0 Å². The Balaban J connectivity index is 2.04. The molecule has 76 valence electrons. The van der Waals surface area contributed by atoms with Crippen LogP contribution < -0.4 is 10.9 Å². The van der Waals surface area contributed by atoms with Crippen LogP contribution in [0.4, 0.5) is 0 Å². The summed E-state index contributed by atoms with van der Waals surface area (Å²) in [6, 6.07) is 11.8. The average molecular weight is 190 g/mol. The Hall–Kier alpha value is -0.860. The molecule has 1 aliphatic rings. The summed E-state index contributed by atoms with van der Waals surface area (Å²) in [5.41, 5.74) is 8.01. The SMILES string of the molecule is CC1NNC(C)C1Cc1ccccc1. The highest BCUT2D eigenvalue weighted by molar-refractivity contribution is 5.16. The van der Waals surface area contributed by atoms with Gasteiger partial charge in [0.2, 0.25) is 0 Å². The Kier molecular flexibility index (Phi) is 2.85. The summed E-state index contributed by atoms with van der Waals surface area (Å²) in [5, 5.41) is 0. The third-order valence-corrected chi connectivity index (χ3v) is 3.14. The standard InChI is InChI=1S/C12H18N2/c1-9-12(10(2)14-13-9)8-11-6-4-3-5-7-11/h3-7,9-10,12-14H,8H2,1-2H3. The van der Waals surface area contributed by atoms with E-state index < -0.39 is 0 Å². The highest BCUT2D eigenvalue weighted by atomic mass is 15.4. The van der Waals surface area contributed by atoms with Gasteiger partial charge in [-0.3, -0.25) is 10.9 Å². The molecule has 1 heterocycles. The van der Waals surface area contributed by atoms with Crippen LogP contribution in [-0.2, 0) is 6.42 Å². The van der Waals surface area contributed by atoms with Gasteiger partial charge in [-0.15, -0.1) is 0 Å². The maximum Gasteiger partial charge on any atom is 0.0231 e. The summed E-state index contributed by atoms with van der Waals surface area (Å²) in [4.78, 5) is 0. The third kappa shape index (κ3) is 1.97. The van der Waals surface area contributed by atoms with Gasteiger partial charge in [0.05, 0.1) is 0 Å². The molecule has 1 saturated heterocycles. The van der Waals surface area contributed by atoms with Crippen LogP contribution in [-0.4, -0.2) is 12.1 Å². The molecule has 1 fully saturated rings. The second kappa shape index (κ2) is 4.11.